The van der Waals surface area contributed by atoms with Crippen molar-refractivity contribution in [2.45, 2.75) is 12.2 Å². The molecule has 84 valence electrons. The van der Waals surface area contributed by atoms with E-state index in [9.17, 15) is 13.2 Å². The first-order valence-electron chi connectivity index (χ1n) is 3.73. The first-order chi connectivity index (χ1) is 6.85. The van der Waals surface area contributed by atoms with Gasteiger partial charge in [-0.1, -0.05) is 17.7 Å². The number of nitrogens with two attached hydrogens (primary N) is 1. The van der Waals surface area contributed by atoms with Crippen LogP contribution in [0, 0.1) is 0 Å². The molecule has 0 amide bonds. The van der Waals surface area contributed by atoms with Crippen LogP contribution in [0.25, 0.3) is 0 Å². The summed E-state index contributed by atoms with van der Waals surface area (Å²) in [6.07, 6.45) is -4.82. The lowest BCUT2D eigenvalue weighted by Crippen LogP contribution is -2.19. The number of alkyl halides is 4. The van der Waals surface area contributed by atoms with Crippen LogP contribution >= 0.6 is 23.2 Å². The van der Waals surface area contributed by atoms with E-state index in [0.29, 0.717) is 0 Å². The minimum Gasteiger partial charge on any atom is -0.403 e. The van der Waals surface area contributed by atoms with Gasteiger partial charge in [0.1, 0.15) is 0 Å². The van der Waals surface area contributed by atoms with Gasteiger partial charge in [-0.15, -0.1) is 24.8 Å². The summed E-state index contributed by atoms with van der Waals surface area (Å²) in [5.41, 5.74) is 5.21. The Bertz CT molecular complexity index is 368. The topological polar surface area (TPSA) is 35.2 Å². The summed E-state index contributed by atoms with van der Waals surface area (Å²) in [6, 6.07) is 2.69. The highest BCUT2D eigenvalue weighted by atomic mass is 35.5. The first kappa shape index (κ1) is 12.3. The molecule has 0 aliphatic rings. The molecule has 7 heteroatoms. The van der Waals surface area contributed by atoms with Gasteiger partial charge in [0, 0.05) is 5.56 Å². The molecule has 1 aromatic carbocycles. The van der Waals surface area contributed by atoms with Gasteiger partial charge in [-0.25, -0.2) is 0 Å². The lowest BCUT2D eigenvalue weighted by atomic mass is 10.2. The van der Waals surface area contributed by atoms with Crippen LogP contribution in [-0.4, -0.2) is 6.36 Å². The van der Waals surface area contributed by atoms with Crippen LogP contribution in [0.4, 0.5) is 18.9 Å². The fourth-order valence-electron chi connectivity index (χ4n) is 0.962. The predicted octanol–water partition coefficient (Wildman–Crippen LogP) is 3.56. The molecule has 0 heterocycles. The molecule has 0 aromatic heterocycles. The number of hydrogen-bond acceptors (Lipinski definition) is 2. The van der Waals surface area contributed by atoms with Gasteiger partial charge in [0.25, 0.3) is 0 Å². The second kappa shape index (κ2) is 4.37. The van der Waals surface area contributed by atoms with Crippen LogP contribution in [0.5, 0.6) is 5.75 Å². The number of benzene rings is 1. The molecule has 0 saturated carbocycles. The Morgan fingerprint density at radius 1 is 1.33 bits per heavy atom. The molecule has 2 nitrogen and oxygen atoms in total. The minimum absolute atomic E-state index is 0.0110. The second-order valence-electron chi connectivity index (χ2n) is 2.63. The van der Waals surface area contributed by atoms with E-state index in [1.54, 1.807) is 0 Å². The average Bonchev–Trinajstić information content (AvgIpc) is 2.11. The Morgan fingerprint density at radius 2 is 1.93 bits per heavy atom. The maximum atomic E-state index is 12.0. The van der Waals surface area contributed by atoms with Gasteiger partial charge in [-0.2, -0.15) is 0 Å². The molecule has 0 saturated heterocycles. The maximum absolute atomic E-state index is 12.0. The number of ether oxygens (including phenoxy) is 1. The number of anilines is 1. The normalized spacial score (nSPS) is 11.5. The Hall–Kier alpha value is -0.810. The fraction of sp³-hybridized carbons (Fsp3) is 0.250. The lowest BCUT2D eigenvalue weighted by molar-refractivity contribution is -0.274. The largest absolute Gasteiger partial charge is 0.573 e. The molecule has 0 fully saturated rings. The van der Waals surface area contributed by atoms with Gasteiger partial charge in [0.2, 0.25) is 0 Å². The van der Waals surface area contributed by atoms with E-state index in [4.69, 9.17) is 28.9 Å². The van der Waals surface area contributed by atoms with Crippen molar-refractivity contribution in [2.24, 2.45) is 0 Å². The Labute approximate surface area is 93.7 Å². The molecule has 0 atom stereocenters. The molecule has 0 radical (unpaired) electrons. The summed E-state index contributed by atoms with van der Waals surface area (Å²) < 4.78 is 39.8. The summed E-state index contributed by atoms with van der Waals surface area (Å²) in [7, 11) is 0. The van der Waals surface area contributed by atoms with Crippen LogP contribution < -0.4 is 10.5 Å². The third-order valence-electron chi connectivity index (χ3n) is 1.59. The van der Waals surface area contributed by atoms with E-state index in [1.807, 2.05) is 0 Å². The van der Waals surface area contributed by atoms with Gasteiger partial charge in [0.05, 0.1) is 16.6 Å². The Kier molecular flexibility index (Phi) is 3.57. The second-order valence-corrected chi connectivity index (χ2v) is 3.31. The molecule has 0 bridgehead atoms. The van der Waals surface area contributed by atoms with E-state index < -0.39 is 12.1 Å². The molecule has 0 unspecified atom stereocenters. The molecule has 1 rings (SSSR count). The van der Waals surface area contributed by atoms with Crippen LogP contribution in [0.2, 0.25) is 5.02 Å². The number of halogens is 5. The van der Waals surface area contributed by atoms with Gasteiger partial charge in [-0.3, -0.25) is 0 Å². The molecule has 0 aliphatic heterocycles. The van der Waals surface area contributed by atoms with E-state index in [1.165, 1.54) is 12.1 Å². The van der Waals surface area contributed by atoms with Crippen LogP contribution in [0.15, 0.2) is 12.1 Å². The summed E-state index contributed by atoms with van der Waals surface area (Å²) in [5, 5.41) is -0.0110. The highest BCUT2D eigenvalue weighted by molar-refractivity contribution is 6.33. The lowest BCUT2D eigenvalue weighted by Gasteiger charge is -2.14. The van der Waals surface area contributed by atoms with Crippen molar-refractivity contribution >= 4 is 28.9 Å². The number of rotatable bonds is 2. The first-order valence-corrected chi connectivity index (χ1v) is 4.65. The fourth-order valence-corrected chi connectivity index (χ4v) is 1.32. The standard InChI is InChI=1S/C8H6Cl2F3NO/c9-3-4-1-2-5(10)6(14)7(4)15-8(11,12)13/h1-2H,3,14H2. The van der Waals surface area contributed by atoms with Gasteiger partial charge in [0.15, 0.2) is 5.75 Å². The number of hydrogen-bond donors (Lipinski definition) is 1. The van der Waals surface area contributed by atoms with E-state index in [2.05, 4.69) is 4.74 Å². The Balaban J connectivity index is 3.18. The van der Waals surface area contributed by atoms with Crippen molar-refractivity contribution in [3.63, 3.8) is 0 Å². The molecule has 0 spiro atoms. The van der Waals surface area contributed by atoms with Crippen LogP contribution in [-0.2, 0) is 5.88 Å². The van der Waals surface area contributed by atoms with Crippen LogP contribution in [0.3, 0.4) is 0 Å². The third-order valence-corrected chi connectivity index (χ3v) is 2.20. The maximum Gasteiger partial charge on any atom is 0.573 e. The van der Waals surface area contributed by atoms with Crippen molar-refractivity contribution in [3.8, 4) is 5.75 Å². The van der Waals surface area contributed by atoms with Gasteiger partial charge in [-0.05, 0) is 6.07 Å². The molecular weight excluding hydrogens is 254 g/mol. The summed E-state index contributed by atoms with van der Waals surface area (Å²) in [4.78, 5) is 0. The quantitative estimate of drug-likeness (QED) is 0.651. The zero-order valence-electron chi connectivity index (χ0n) is 7.24. The zero-order chi connectivity index (χ0) is 11.6. The predicted molar refractivity (Wildman–Crippen MR) is 52.1 cm³/mol. The average molecular weight is 260 g/mol. The third kappa shape index (κ3) is 3.07. The van der Waals surface area contributed by atoms with Gasteiger partial charge < -0.3 is 10.5 Å². The molecule has 15 heavy (non-hydrogen) atoms. The molecule has 1 aromatic rings. The van der Waals surface area contributed by atoms with E-state index in [0.717, 1.165) is 0 Å². The monoisotopic (exact) mass is 259 g/mol. The van der Waals surface area contributed by atoms with Crippen molar-refractivity contribution in [3.05, 3.63) is 22.7 Å². The van der Waals surface area contributed by atoms with Crippen LogP contribution in [0.1, 0.15) is 5.56 Å². The molecule has 0 aliphatic carbocycles. The summed E-state index contributed by atoms with van der Waals surface area (Å²) in [5.74, 6) is -0.683. The smallest absolute Gasteiger partial charge is 0.403 e. The van der Waals surface area contributed by atoms with Crippen molar-refractivity contribution < 1.29 is 17.9 Å². The summed E-state index contributed by atoms with van der Waals surface area (Å²) in [6.45, 7) is 0. The minimum atomic E-state index is -4.82. The van der Waals surface area contributed by atoms with Crippen molar-refractivity contribution in [1.29, 1.82) is 0 Å². The molecular formula is C8H6Cl2F3NO. The summed E-state index contributed by atoms with van der Waals surface area (Å²) >= 11 is 11.0. The van der Waals surface area contributed by atoms with Gasteiger partial charge >= 0.3 is 6.36 Å². The SMILES string of the molecule is Nc1c(Cl)ccc(CCl)c1OC(F)(F)F. The van der Waals surface area contributed by atoms with E-state index >= 15 is 0 Å². The van der Waals surface area contributed by atoms with Crippen molar-refractivity contribution in [1.82, 2.24) is 0 Å². The zero-order valence-corrected chi connectivity index (χ0v) is 8.75. The highest BCUT2D eigenvalue weighted by Crippen LogP contribution is 2.37. The van der Waals surface area contributed by atoms with Crippen molar-refractivity contribution in [2.75, 3.05) is 5.73 Å². The Morgan fingerprint density at radius 3 is 2.40 bits per heavy atom. The van der Waals surface area contributed by atoms with E-state index in [-0.39, 0.29) is 22.2 Å². The molecule has 2 N–H and O–H groups in total. The number of nitrogen functional groups attached to an aromatic ring is 1. The highest BCUT2D eigenvalue weighted by Gasteiger charge is 2.33.